The monoisotopic (exact) mass is 354 g/mol. The molecule has 2 rings (SSSR count). The van der Waals surface area contributed by atoms with Gasteiger partial charge in [-0.05, 0) is 42.5 Å². The number of carbonyl (C=O) groups excluding carboxylic acids is 1. The Bertz CT molecular complexity index is 663. The number of nitrogens with one attached hydrogen (secondary N) is 2. The zero-order valence-electron chi connectivity index (χ0n) is 12.4. The fourth-order valence-corrected chi connectivity index (χ4v) is 2.17. The molecule has 0 heterocycles. The summed E-state index contributed by atoms with van der Waals surface area (Å²) in [6.07, 6.45) is 0. The summed E-state index contributed by atoms with van der Waals surface area (Å²) in [7, 11) is 1.53. The first-order valence-corrected chi connectivity index (χ1v) is 7.61. The molecule has 2 aromatic carbocycles. The third-order valence-electron chi connectivity index (χ3n) is 2.88. The Hall–Kier alpha value is -2.11. The number of hydrogen-bond acceptors (Lipinski definition) is 3. The van der Waals surface area contributed by atoms with Gasteiger partial charge in [-0.25, -0.2) is 4.79 Å². The van der Waals surface area contributed by atoms with Gasteiger partial charge in [0, 0.05) is 10.7 Å². The van der Waals surface area contributed by atoms with E-state index in [1.165, 1.54) is 7.11 Å². The second-order valence-electron chi connectivity index (χ2n) is 4.53. The quantitative estimate of drug-likeness (QED) is 0.764. The van der Waals surface area contributed by atoms with Gasteiger partial charge >= 0.3 is 6.03 Å². The molecule has 0 bridgehead atoms. The lowest BCUT2D eigenvalue weighted by Crippen LogP contribution is -2.32. The summed E-state index contributed by atoms with van der Waals surface area (Å²) in [5.74, 6) is 1.24. The highest BCUT2D eigenvalue weighted by Crippen LogP contribution is 2.27. The van der Waals surface area contributed by atoms with E-state index in [0.717, 1.165) is 0 Å². The van der Waals surface area contributed by atoms with Crippen LogP contribution in [-0.4, -0.2) is 26.3 Å². The first-order valence-electron chi connectivity index (χ1n) is 6.85. The molecule has 2 N–H and O–H groups in total. The molecule has 0 saturated carbocycles. The molecule has 0 spiro atoms. The lowest BCUT2D eigenvalue weighted by molar-refractivity contribution is 0.247. The molecule has 2 aromatic rings. The topological polar surface area (TPSA) is 59.6 Å². The Kier molecular flexibility index (Phi) is 6.38. The van der Waals surface area contributed by atoms with Crippen molar-refractivity contribution in [2.24, 2.45) is 0 Å². The van der Waals surface area contributed by atoms with Gasteiger partial charge in [0.25, 0.3) is 0 Å². The number of carbonyl (C=O) groups is 1. The Morgan fingerprint density at radius 1 is 1.13 bits per heavy atom. The normalized spacial score (nSPS) is 10.0. The lowest BCUT2D eigenvalue weighted by atomic mass is 10.3. The van der Waals surface area contributed by atoms with Crippen LogP contribution < -0.4 is 20.1 Å². The summed E-state index contributed by atoms with van der Waals surface area (Å²) >= 11 is 11.8. The van der Waals surface area contributed by atoms with E-state index in [1.807, 2.05) is 0 Å². The number of anilines is 1. The van der Waals surface area contributed by atoms with Crippen LogP contribution in [0.25, 0.3) is 0 Å². The van der Waals surface area contributed by atoms with Gasteiger partial charge in [0.1, 0.15) is 18.1 Å². The van der Waals surface area contributed by atoms with Gasteiger partial charge in [-0.15, -0.1) is 0 Å². The fourth-order valence-electron chi connectivity index (χ4n) is 1.78. The number of amides is 2. The van der Waals surface area contributed by atoms with Crippen molar-refractivity contribution >= 4 is 34.9 Å². The molecule has 0 aliphatic carbocycles. The number of urea groups is 1. The van der Waals surface area contributed by atoms with Crippen molar-refractivity contribution in [1.82, 2.24) is 5.32 Å². The van der Waals surface area contributed by atoms with Crippen LogP contribution in [0.3, 0.4) is 0 Å². The number of methoxy groups -OCH3 is 1. The molecule has 0 atom stereocenters. The lowest BCUT2D eigenvalue weighted by Gasteiger charge is -2.10. The maximum Gasteiger partial charge on any atom is 0.319 e. The summed E-state index contributed by atoms with van der Waals surface area (Å²) in [5.41, 5.74) is 0.576. The predicted octanol–water partition coefficient (Wildman–Crippen LogP) is 4.20. The van der Waals surface area contributed by atoms with Crippen molar-refractivity contribution < 1.29 is 14.3 Å². The average Bonchev–Trinajstić information content (AvgIpc) is 2.53. The maximum atomic E-state index is 11.8. The van der Waals surface area contributed by atoms with E-state index in [1.54, 1.807) is 42.5 Å². The Labute approximate surface area is 144 Å². The summed E-state index contributed by atoms with van der Waals surface area (Å²) in [6.45, 7) is 0.705. The van der Waals surface area contributed by atoms with Crippen LogP contribution in [0.1, 0.15) is 0 Å². The molecule has 0 fully saturated rings. The van der Waals surface area contributed by atoms with Crippen LogP contribution >= 0.6 is 23.2 Å². The molecule has 122 valence electrons. The molecule has 5 nitrogen and oxygen atoms in total. The highest BCUT2D eigenvalue weighted by atomic mass is 35.5. The Morgan fingerprint density at radius 3 is 2.52 bits per heavy atom. The number of benzene rings is 2. The number of rotatable bonds is 6. The number of ether oxygens (including phenoxy) is 2. The number of hydrogen-bond donors (Lipinski definition) is 2. The second kappa shape index (κ2) is 8.50. The van der Waals surface area contributed by atoms with Crippen LogP contribution in [0, 0.1) is 0 Å². The third kappa shape index (κ3) is 5.54. The highest BCUT2D eigenvalue weighted by Gasteiger charge is 2.05. The summed E-state index contributed by atoms with van der Waals surface area (Å²) in [6, 6.07) is 11.7. The maximum absolute atomic E-state index is 11.8. The van der Waals surface area contributed by atoms with Gasteiger partial charge in [0.05, 0.1) is 18.7 Å². The SMILES string of the molecule is COc1ccc(NC(=O)NCCOc2ccc(Cl)cc2)cc1Cl. The van der Waals surface area contributed by atoms with Gasteiger partial charge in [0.15, 0.2) is 0 Å². The smallest absolute Gasteiger partial charge is 0.319 e. The van der Waals surface area contributed by atoms with E-state index in [0.29, 0.717) is 40.4 Å². The van der Waals surface area contributed by atoms with Crippen molar-refractivity contribution in [2.75, 3.05) is 25.6 Å². The molecule has 0 aromatic heterocycles. The molecular formula is C16H16Cl2N2O3. The molecule has 7 heteroatoms. The molecule has 0 aliphatic heterocycles. The standard InChI is InChI=1S/C16H16Cl2N2O3/c1-22-15-7-4-12(10-14(15)18)20-16(21)19-8-9-23-13-5-2-11(17)3-6-13/h2-7,10H,8-9H2,1H3,(H2,19,20,21). The van der Waals surface area contributed by atoms with E-state index in [-0.39, 0.29) is 6.03 Å². The molecule has 23 heavy (non-hydrogen) atoms. The summed E-state index contributed by atoms with van der Waals surface area (Å²) < 4.78 is 10.5. The van der Waals surface area contributed by atoms with Crippen molar-refractivity contribution in [3.8, 4) is 11.5 Å². The first kappa shape index (κ1) is 17.2. The van der Waals surface area contributed by atoms with Crippen LogP contribution in [0.2, 0.25) is 10.0 Å². The third-order valence-corrected chi connectivity index (χ3v) is 3.43. The van der Waals surface area contributed by atoms with Gasteiger partial charge in [-0.2, -0.15) is 0 Å². The molecule has 0 radical (unpaired) electrons. The van der Waals surface area contributed by atoms with Crippen molar-refractivity contribution in [2.45, 2.75) is 0 Å². The minimum absolute atomic E-state index is 0.342. The van der Waals surface area contributed by atoms with Crippen molar-refractivity contribution in [3.63, 3.8) is 0 Å². The van der Waals surface area contributed by atoms with Gasteiger partial charge in [-0.1, -0.05) is 23.2 Å². The van der Waals surface area contributed by atoms with Gasteiger partial charge in [-0.3, -0.25) is 0 Å². The van der Waals surface area contributed by atoms with E-state index in [2.05, 4.69) is 10.6 Å². The van der Waals surface area contributed by atoms with Gasteiger partial charge < -0.3 is 20.1 Å². The van der Waals surface area contributed by atoms with Gasteiger partial charge in [0.2, 0.25) is 0 Å². The molecule has 0 aliphatic rings. The van der Waals surface area contributed by atoms with E-state index in [4.69, 9.17) is 32.7 Å². The van der Waals surface area contributed by atoms with Crippen LogP contribution in [0.5, 0.6) is 11.5 Å². The zero-order chi connectivity index (χ0) is 16.7. The minimum Gasteiger partial charge on any atom is -0.495 e. The number of halogens is 2. The van der Waals surface area contributed by atoms with Crippen LogP contribution in [0.4, 0.5) is 10.5 Å². The fraction of sp³-hybridized carbons (Fsp3) is 0.188. The summed E-state index contributed by atoms with van der Waals surface area (Å²) in [5, 5.41) is 6.44. The molecular weight excluding hydrogens is 339 g/mol. The molecule has 0 unspecified atom stereocenters. The summed E-state index contributed by atoms with van der Waals surface area (Å²) in [4.78, 5) is 11.8. The van der Waals surface area contributed by atoms with Crippen molar-refractivity contribution in [1.29, 1.82) is 0 Å². The Balaban J connectivity index is 1.72. The largest absolute Gasteiger partial charge is 0.495 e. The second-order valence-corrected chi connectivity index (χ2v) is 5.38. The Morgan fingerprint density at radius 2 is 1.87 bits per heavy atom. The highest BCUT2D eigenvalue weighted by molar-refractivity contribution is 6.32. The average molecular weight is 355 g/mol. The first-order chi connectivity index (χ1) is 11.1. The van der Waals surface area contributed by atoms with Crippen molar-refractivity contribution in [3.05, 3.63) is 52.5 Å². The zero-order valence-corrected chi connectivity index (χ0v) is 13.9. The molecule has 2 amide bonds. The van der Waals surface area contributed by atoms with Crippen LogP contribution in [0.15, 0.2) is 42.5 Å². The van der Waals surface area contributed by atoms with Crippen LogP contribution in [-0.2, 0) is 0 Å². The molecule has 0 saturated heterocycles. The van der Waals surface area contributed by atoms with E-state index >= 15 is 0 Å². The predicted molar refractivity (Wildman–Crippen MR) is 92.0 cm³/mol. The van der Waals surface area contributed by atoms with E-state index < -0.39 is 0 Å². The minimum atomic E-state index is -0.342. The van der Waals surface area contributed by atoms with E-state index in [9.17, 15) is 4.79 Å².